The van der Waals surface area contributed by atoms with Gasteiger partial charge < -0.3 is 15.4 Å². The lowest BCUT2D eigenvalue weighted by atomic mass is 10.1. The second kappa shape index (κ2) is 7.58. The van der Waals surface area contributed by atoms with Crippen molar-refractivity contribution in [2.75, 3.05) is 19.7 Å². The minimum Gasteiger partial charge on any atom is -0.484 e. The maximum absolute atomic E-state index is 11.9. The minimum atomic E-state index is 0. The van der Waals surface area contributed by atoms with Crippen LogP contribution in [-0.4, -0.2) is 36.5 Å². The number of likely N-dealkylation sites (tertiary alicyclic amines) is 1. The number of carbonyl (C=O) groups excluding carboxylic acids is 1. The summed E-state index contributed by atoms with van der Waals surface area (Å²) < 4.78 is 5.42. The standard InChI is InChI=1S/C13H17ClN2O2.ClH/c14-10-1-3-12(4-2-10)18-9-13(17)16-7-5-11(15)6-8-16;/h1-4,11H,5-9,15H2;1H. The van der Waals surface area contributed by atoms with Gasteiger partial charge in [-0.15, -0.1) is 12.4 Å². The first kappa shape index (κ1) is 16.1. The number of amides is 1. The van der Waals surface area contributed by atoms with Gasteiger partial charge in [0.15, 0.2) is 6.61 Å². The van der Waals surface area contributed by atoms with Gasteiger partial charge in [-0.3, -0.25) is 4.79 Å². The quantitative estimate of drug-likeness (QED) is 0.930. The predicted octanol–water partition coefficient (Wildman–Crippen LogP) is 2.09. The fraction of sp³-hybridized carbons (Fsp3) is 0.462. The number of nitrogens with zero attached hydrogens (tertiary/aromatic N) is 1. The van der Waals surface area contributed by atoms with E-state index in [4.69, 9.17) is 22.1 Å². The van der Waals surface area contributed by atoms with Gasteiger partial charge in [-0.2, -0.15) is 0 Å². The molecule has 0 aliphatic carbocycles. The van der Waals surface area contributed by atoms with Crippen molar-refractivity contribution in [3.8, 4) is 5.75 Å². The van der Waals surface area contributed by atoms with Gasteiger partial charge >= 0.3 is 0 Å². The van der Waals surface area contributed by atoms with Gasteiger partial charge in [0.2, 0.25) is 0 Å². The molecule has 1 aliphatic rings. The smallest absolute Gasteiger partial charge is 0.260 e. The normalized spacial score (nSPS) is 15.8. The first-order valence-corrected chi connectivity index (χ1v) is 6.44. The molecule has 1 fully saturated rings. The summed E-state index contributed by atoms with van der Waals surface area (Å²) in [6, 6.07) is 7.21. The molecule has 1 heterocycles. The monoisotopic (exact) mass is 304 g/mol. The lowest BCUT2D eigenvalue weighted by molar-refractivity contribution is -0.134. The lowest BCUT2D eigenvalue weighted by Gasteiger charge is -2.30. The third-order valence-electron chi connectivity index (χ3n) is 3.07. The molecule has 0 radical (unpaired) electrons. The third kappa shape index (κ3) is 4.90. The van der Waals surface area contributed by atoms with Crippen LogP contribution in [0.3, 0.4) is 0 Å². The molecule has 6 heteroatoms. The summed E-state index contributed by atoms with van der Waals surface area (Å²) >= 11 is 5.77. The van der Waals surface area contributed by atoms with Gasteiger partial charge in [0, 0.05) is 24.2 Å². The van der Waals surface area contributed by atoms with Gasteiger partial charge in [0.1, 0.15) is 5.75 Å². The minimum absolute atomic E-state index is 0. The molecule has 1 amide bonds. The summed E-state index contributed by atoms with van der Waals surface area (Å²) in [4.78, 5) is 13.7. The van der Waals surface area contributed by atoms with E-state index < -0.39 is 0 Å². The SMILES string of the molecule is Cl.NC1CCN(C(=O)COc2ccc(Cl)cc2)CC1. The Balaban J connectivity index is 0.00000180. The molecule has 1 aromatic carbocycles. The molecule has 106 valence electrons. The van der Waals surface area contributed by atoms with Crippen molar-refractivity contribution in [3.63, 3.8) is 0 Å². The summed E-state index contributed by atoms with van der Waals surface area (Å²) in [6.45, 7) is 1.52. The van der Waals surface area contributed by atoms with Crippen molar-refractivity contribution in [2.24, 2.45) is 5.73 Å². The van der Waals surface area contributed by atoms with E-state index in [0.717, 1.165) is 25.9 Å². The van der Waals surface area contributed by atoms with Crippen molar-refractivity contribution >= 4 is 29.9 Å². The van der Waals surface area contributed by atoms with Crippen LogP contribution in [0.15, 0.2) is 24.3 Å². The molecule has 0 aromatic heterocycles. The highest BCUT2D eigenvalue weighted by atomic mass is 35.5. The van der Waals surface area contributed by atoms with Crippen molar-refractivity contribution in [3.05, 3.63) is 29.3 Å². The summed E-state index contributed by atoms with van der Waals surface area (Å²) in [5.41, 5.74) is 5.79. The third-order valence-corrected chi connectivity index (χ3v) is 3.32. The molecular weight excluding hydrogens is 287 g/mol. The Hall–Kier alpha value is -0.970. The van der Waals surface area contributed by atoms with E-state index in [9.17, 15) is 4.79 Å². The molecule has 1 saturated heterocycles. The maximum Gasteiger partial charge on any atom is 0.260 e. The Morgan fingerprint density at radius 2 is 1.89 bits per heavy atom. The maximum atomic E-state index is 11.9. The van der Waals surface area contributed by atoms with E-state index in [1.54, 1.807) is 29.2 Å². The topological polar surface area (TPSA) is 55.6 Å². The van der Waals surface area contributed by atoms with Gasteiger partial charge in [0.25, 0.3) is 5.91 Å². The Kier molecular flexibility index (Phi) is 6.42. The highest BCUT2D eigenvalue weighted by molar-refractivity contribution is 6.30. The number of piperidine rings is 1. The van der Waals surface area contributed by atoms with Gasteiger partial charge in [-0.05, 0) is 37.1 Å². The number of carbonyl (C=O) groups is 1. The summed E-state index contributed by atoms with van der Waals surface area (Å²) in [5, 5.41) is 0.652. The summed E-state index contributed by atoms with van der Waals surface area (Å²) in [6.07, 6.45) is 1.74. The molecular formula is C13H18Cl2N2O2. The first-order valence-electron chi connectivity index (χ1n) is 6.07. The molecule has 0 bridgehead atoms. The van der Waals surface area contributed by atoms with E-state index in [1.165, 1.54) is 0 Å². The number of rotatable bonds is 3. The van der Waals surface area contributed by atoms with Crippen LogP contribution in [0.4, 0.5) is 0 Å². The van der Waals surface area contributed by atoms with Crippen LogP contribution < -0.4 is 10.5 Å². The number of halogens is 2. The first-order chi connectivity index (χ1) is 8.65. The van der Waals surface area contributed by atoms with Crippen LogP contribution in [0.1, 0.15) is 12.8 Å². The molecule has 0 saturated carbocycles. The van der Waals surface area contributed by atoms with Crippen LogP contribution in [0.2, 0.25) is 5.02 Å². The van der Waals surface area contributed by atoms with E-state index in [-0.39, 0.29) is 31.0 Å². The zero-order valence-electron chi connectivity index (χ0n) is 10.5. The van der Waals surface area contributed by atoms with Crippen molar-refractivity contribution in [1.82, 2.24) is 4.90 Å². The van der Waals surface area contributed by atoms with Crippen molar-refractivity contribution < 1.29 is 9.53 Å². The number of hydrogen-bond donors (Lipinski definition) is 1. The van der Waals surface area contributed by atoms with Crippen LogP contribution in [-0.2, 0) is 4.79 Å². The molecule has 2 rings (SSSR count). The molecule has 19 heavy (non-hydrogen) atoms. The number of benzene rings is 1. The largest absolute Gasteiger partial charge is 0.484 e. The Labute approximate surface area is 124 Å². The number of ether oxygens (including phenoxy) is 1. The Morgan fingerprint density at radius 3 is 2.47 bits per heavy atom. The average molecular weight is 305 g/mol. The highest BCUT2D eigenvalue weighted by Gasteiger charge is 2.20. The highest BCUT2D eigenvalue weighted by Crippen LogP contribution is 2.16. The van der Waals surface area contributed by atoms with E-state index in [2.05, 4.69) is 0 Å². The van der Waals surface area contributed by atoms with Crippen molar-refractivity contribution in [1.29, 1.82) is 0 Å². The molecule has 0 spiro atoms. The zero-order chi connectivity index (χ0) is 13.0. The predicted molar refractivity (Wildman–Crippen MR) is 78.0 cm³/mol. The van der Waals surface area contributed by atoms with Crippen LogP contribution in [0, 0.1) is 0 Å². The molecule has 1 aromatic rings. The lowest BCUT2D eigenvalue weighted by Crippen LogP contribution is -2.44. The Morgan fingerprint density at radius 1 is 1.32 bits per heavy atom. The van der Waals surface area contributed by atoms with Crippen LogP contribution in [0.5, 0.6) is 5.75 Å². The average Bonchev–Trinajstić information content (AvgIpc) is 2.38. The second-order valence-corrected chi connectivity index (χ2v) is 4.90. The van der Waals surface area contributed by atoms with E-state index in [1.807, 2.05) is 0 Å². The molecule has 1 aliphatic heterocycles. The van der Waals surface area contributed by atoms with Gasteiger partial charge in [-0.25, -0.2) is 0 Å². The molecule has 4 nitrogen and oxygen atoms in total. The fourth-order valence-electron chi connectivity index (χ4n) is 1.92. The van der Waals surface area contributed by atoms with Crippen LogP contribution in [0.25, 0.3) is 0 Å². The Bertz CT molecular complexity index is 404. The van der Waals surface area contributed by atoms with Gasteiger partial charge in [0.05, 0.1) is 0 Å². The summed E-state index contributed by atoms with van der Waals surface area (Å²) in [5.74, 6) is 0.665. The second-order valence-electron chi connectivity index (χ2n) is 4.46. The fourth-order valence-corrected chi connectivity index (χ4v) is 2.04. The van der Waals surface area contributed by atoms with E-state index >= 15 is 0 Å². The molecule has 2 N–H and O–H groups in total. The molecule has 0 atom stereocenters. The zero-order valence-corrected chi connectivity index (χ0v) is 12.1. The van der Waals surface area contributed by atoms with Crippen molar-refractivity contribution in [2.45, 2.75) is 18.9 Å². The van der Waals surface area contributed by atoms with Crippen LogP contribution >= 0.6 is 24.0 Å². The molecule has 0 unspecified atom stereocenters. The number of hydrogen-bond acceptors (Lipinski definition) is 3. The summed E-state index contributed by atoms with van der Waals surface area (Å²) in [7, 11) is 0. The van der Waals surface area contributed by atoms with Gasteiger partial charge in [-0.1, -0.05) is 11.6 Å². The number of nitrogens with two attached hydrogens (primary N) is 1. The van der Waals surface area contributed by atoms with E-state index in [0.29, 0.717) is 10.8 Å².